The second-order valence-corrected chi connectivity index (χ2v) is 7.32. The average Bonchev–Trinajstić information content (AvgIpc) is 3.32. The summed E-state index contributed by atoms with van der Waals surface area (Å²) in [5.41, 5.74) is 3.25. The van der Waals surface area contributed by atoms with E-state index < -0.39 is 0 Å². The Bertz CT molecular complexity index is 849. The number of fused-ring (bicyclic) bond motifs is 1. The number of thiophene rings is 1. The fraction of sp³-hybridized carbons (Fsp3) is 0.368. The van der Waals surface area contributed by atoms with Gasteiger partial charge in [0.05, 0.1) is 6.42 Å². The first kappa shape index (κ1) is 16.3. The van der Waals surface area contributed by atoms with Crippen LogP contribution in [0.25, 0.3) is 11.0 Å². The van der Waals surface area contributed by atoms with E-state index in [4.69, 9.17) is 0 Å². The van der Waals surface area contributed by atoms with E-state index in [1.54, 1.807) is 17.5 Å². The molecule has 1 N–H and O–H groups in total. The molecule has 0 spiro atoms. The predicted octanol–water partition coefficient (Wildman–Crippen LogP) is 3.07. The summed E-state index contributed by atoms with van der Waals surface area (Å²) in [6, 6.07) is 6.54. The van der Waals surface area contributed by atoms with E-state index in [0.29, 0.717) is 12.5 Å². The predicted molar refractivity (Wildman–Crippen MR) is 101 cm³/mol. The first-order valence-electron chi connectivity index (χ1n) is 8.67. The summed E-state index contributed by atoms with van der Waals surface area (Å²) in [5, 5.41) is 5.38. The van der Waals surface area contributed by atoms with Crippen molar-refractivity contribution in [1.82, 2.24) is 19.8 Å². The summed E-state index contributed by atoms with van der Waals surface area (Å²) in [4.78, 5) is 24.6. The number of amides is 1. The lowest BCUT2D eigenvalue weighted by atomic mass is 10.1. The smallest absolute Gasteiger partial charge is 0.227 e. The fourth-order valence-electron chi connectivity index (χ4n) is 3.52. The number of aromatic amines is 1. The molecule has 25 heavy (non-hydrogen) atoms. The van der Waals surface area contributed by atoms with Gasteiger partial charge < -0.3 is 9.88 Å². The van der Waals surface area contributed by atoms with Gasteiger partial charge >= 0.3 is 0 Å². The van der Waals surface area contributed by atoms with Crippen molar-refractivity contribution in [3.8, 4) is 0 Å². The van der Waals surface area contributed by atoms with Gasteiger partial charge in [-0.2, -0.15) is 11.3 Å². The quantitative estimate of drug-likeness (QED) is 0.783. The van der Waals surface area contributed by atoms with Crippen LogP contribution < -0.4 is 0 Å². The highest BCUT2D eigenvalue weighted by molar-refractivity contribution is 7.07. The molecule has 3 aromatic heterocycles. The van der Waals surface area contributed by atoms with Crippen LogP contribution in [-0.4, -0.2) is 51.9 Å². The normalized spacial score (nSPS) is 17.1. The Labute approximate surface area is 151 Å². The number of nitrogens with zero attached hydrogens (tertiary/aromatic N) is 3. The Morgan fingerprint density at radius 1 is 1.32 bits per heavy atom. The van der Waals surface area contributed by atoms with E-state index in [1.807, 2.05) is 23.2 Å². The number of piperazine rings is 1. The molecule has 6 heteroatoms. The molecule has 0 bridgehead atoms. The molecule has 1 saturated heterocycles. The van der Waals surface area contributed by atoms with Crippen LogP contribution in [0.3, 0.4) is 0 Å². The minimum atomic E-state index is 0.201. The Morgan fingerprint density at radius 3 is 2.92 bits per heavy atom. The molecule has 4 rings (SSSR count). The lowest BCUT2D eigenvalue weighted by Gasteiger charge is -2.38. The van der Waals surface area contributed by atoms with Crippen LogP contribution >= 0.6 is 11.3 Å². The maximum Gasteiger partial charge on any atom is 0.227 e. The highest BCUT2D eigenvalue weighted by atomic mass is 32.1. The molecule has 1 aliphatic rings. The molecule has 0 aliphatic carbocycles. The van der Waals surface area contributed by atoms with E-state index in [9.17, 15) is 4.79 Å². The zero-order valence-electron chi connectivity index (χ0n) is 14.3. The first-order valence-corrected chi connectivity index (χ1v) is 9.61. The number of carbonyl (C=O) groups excluding carboxylic acids is 1. The van der Waals surface area contributed by atoms with Gasteiger partial charge in [0.1, 0.15) is 5.65 Å². The Hall–Kier alpha value is -2.18. The monoisotopic (exact) mass is 354 g/mol. The molecule has 3 aromatic rings. The largest absolute Gasteiger partial charge is 0.346 e. The van der Waals surface area contributed by atoms with Crippen molar-refractivity contribution in [3.63, 3.8) is 0 Å². The molecule has 1 fully saturated rings. The van der Waals surface area contributed by atoms with Gasteiger partial charge in [0.2, 0.25) is 5.91 Å². The SMILES string of the molecule is CC(c1ccsc1)N1CCN(C(=O)Cc2c[nH]c3ncccc23)CC1. The topological polar surface area (TPSA) is 52.2 Å². The molecule has 130 valence electrons. The van der Waals surface area contributed by atoms with E-state index >= 15 is 0 Å². The number of aromatic nitrogens is 2. The number of pyridine rings is 1. The number of hydrogen-bond acceptors (Lipinski definition) is 4. The molecule has 4 heterocycles. The number of rotatable bonds is 4. The number of H-pyrrole nitrogens is 1. The van der Waals surface area contributed by atoms with Crippen LogP contribution in [-0.2, 0) is 11.2 Å². The van der Waals surface area contributed by atoms with Crippen LogP contribution in [0.15, 0.2) is 41.4 Å². The van der Waals surface area contributed by atoms with Crippen LogP contribution in [0.1, 0.15) is 24.1 Å². The van der Waals surface area contributed by atoms with Crippen molar-refractivity contribution in [1.29, 1.82) is 0 Å². The molecule has 0 radical (unpaired) electrons. The van der Waals surface area contributed by atoms with Gasteiger partial charge in [0.25, 0.3) is 0 Å². The van der Waals surface area contributed by atoms with Gasteiger partial charge in [0.15, 0.2) is 0 Å². The average molecular weight is 354 g/mol. The second-order valence-electron chi connectivity index (χ2n) is 6.54. The minimum absolute atomic E-state index is 0.201. The summed E-state index contributed by atoms with van der Waals surface area (Å²) in [6.45, 7) is 5.71. The molecular weight excluding hydrogens is 332 g/mol. The maximum absolute atomic E-state index is 12.7. The lowest BCUT2D eigenvalue weighted by Crippen LogP contribution is -2.49. The van der Waals surface area contributed by atoms with Gasteiger partial charge in [-0.05, 0) is 47.0 Å². The standard InChI is InChI=1S/C19H22N4OS/c1-14(15-4-10-25-13-15)22-6-8-23(9-7-22)18(24)11-16-12-21-19-17(16)3-2-5-20-19/h2-5,10,12-14H,6-9,11H2,1H3,(H,20,21). The highest BCUT2D eigenvalue weighted by Gasteiger charge is 2.25. The van der Waals surface area contributed by atoms with Gasteiger partial charge in [0, 0.05) is 50.0 Å². The third-order valence-corrected chi connectivity index (χ3v) is 5.82. The van der Waals surface area contributed by atoms with Crippen molar-refractivity contribution in [2.45, 2.75) is 19.4 Å². The van der Waals surface area contributed by atoms with Crippen molar-refractivity contribution >= 4 is 28.3 Å². The molecule has 1 amide bonds. The Kier molecular flexibility index (Phi) is 4.55. The summed E-state index contributed by atoms with van der Waals surface area (Å²) in [6.07, 6.45) is 4.11. The number of hydrogen-bond donors (Lipinski definition) is 1. The van der Waals surface area contributed by atoms with Gasteiger partial charge in [-0.25, -0.2) is 4.98 Å². The summed E-state index contributed by atoms with van der Waals surface area (Å²) in [7, 11) is 0. The van der Waals surface area contributed by atoms with E-state index in [2.05, 4.69) is 38.6 Å². The summed E-state index contributed by atoms with van der Waals surface area (Å²) < 4.78 is 0. The lowest BCUT2D eigenvalue weighted by molar-refractivity contribution is -0.132. The molecule has 0 aromatic carbocycles. The summed E-state index contributed by atoms with van der Waals surface area (Å²) in [5.74, 6) is 0.201. The fourth-order valence-corrected chi connectivity index (χ4v) is 4.26. The highest BCUT2D eigenvalue weighted by Crippen LogP contribution is 2.24. The van der Waals surface area contributed by atoms with Crippen molar-refractivity contribution < 1.29 is 4.79 Å². The van der Waals surface area contributed by atoms with Gasteiger partial charge in [-0.15, -0.1) is 0 Å². The van der Waals surface area contributed by atoms with Crippen molar-refractivity contribution in [2.75, 3.05) is 26.2 Å². The molecule has 1 aliphatic heterocycles. The molecule has 0 saturated carbocycles. The maximum atomic E-state index is 12.7. The Morgan fingerprint density at radius 2 is 2.16 bits per heavy atom. The minimum Gasteiger partial charge on any atom is -0.346 e. The zero-order chi connectivity index (χ0) is 17.2. The Balaban J connectivity index is 1.37. The second kappa shape index (κ2) is 6.98. The van der Waals surface area contributed by atoms with Crippen LogP contribution in [0.2, 0.25) is 0 Å². The molecule has 5 nitrogen and oxygen atoms in total. The van der Waals surface area contributed by atoms with Crippen LogP contribution in [0.4, 0.5) is 0 Å². The van der Waals surface area contributed by atoms with E-state index in [-0.39, 0.29) is 5.91 Å². The third-order valence-electron chi connectivity index (χ3n) is 5.12. The van der Waals surface area contributed by atoms with Crippen LogP contribution in [0, 0.1) is 0 Å². The third kappa shape index (κ3) is 3.32. The van der Waals surface area contributed by atoms with Gasteiger partial charge in [-0.1, -0.05) is 0 Å². The number of carbonyl (C=O) groups is 1. The molecular formula is C19H22N4OS. The zero-order valence-corrected chi connectivity index (χ0v) is 15.1. The van der Waals surface area contributed by atoms with E-state index in [1.165, 1.54) is 5.56 Å². The van der Waals surface area contributed by atoms with Crippen LogP contribution in [0.5, 0.6) is 0 Å². The summed E-state index contributed by atoms with van der Waals surface area (Å²) >= 11 is 1.74. The molecule has 1 unspecified atom stereocenters. The van der Waals surface area contributed by atoms with E-state index in [0.717, 1.165) is 42.8 Å². The molecule has 1 atom stereocenters. The van der Waals surface area contributed by atoms with Gasteiger partial charge in [-0.3, -0.25) is 9.69 Å². The van der Waals surface area contributed by atoms with Crippen molar-refractivity contribution in [3.05, 3.63) is 52.5 Å². The first-order chi connectivity index (χ1) is 12.2. The number of nitrogens with one attached hydrogen (secondary N) is 1. The van der Waals surface area contributed by atoms with Crippen molar-refractivity contribution in [2.24, 2.45) is 0 Å².